The molecule has 2 aromatic heterocycles. The largest absolute Gasteiger partial charge is 0.372 e. The first-order valence-electron chi connectivity index (χ1n) is 12.0. The Bertz CT molecular complexity index is 1250. The second-order valence-electron chi connectivity index (χ2n) is 9.30. The lowest BCUT2D eigenvalue weighted by Crippen LogP contribution is -2.25. The summed E-state index contributed by atoms with van der Waals surface area (Å²) in [4.78, 5) is 22.0. The number of hydrogen-bond acceptors (Lipinski definition) is 4. The first-order valence-corrected chi connectivity index (χ1v) is 12.0. The Balaban J connectivity index is 1.50. The number of hydrogen-bond donors (Lipinski definition) is 1. The van der Waals surface area contributed by atoms with Gasteiger partial charge < -0.3 is 10.1 Å². The fraction of sp³-hybridized carbons (Fsp3) is 0.370. The van der Waals surface area contributed by atoms with Crippen LogP contribution in [0.4, 0.5) is 23.2 Å². The second-order valence-corrected chi connectivity index (χ2v) is 9.30. The van der Waals surface area contributed by atoms with Gasteiger partial charge in [-0.05, 0) is 62.1 Å². The van der Waals surface area contributed by atoms with Gasteiger partial charge in [-0.1, -0.05) is 0 Å². The Morgan fingerprint density at radius 1 is 1.00 bits per heavy atom. The number of ether oxygens (including phenoxy) is 1. The lowest BCUT2D eigenvalue weighted by molar-refractivity contribution is -0.0384. The van der Waals surface area contributed by atoms with E-state index >= 15 is 0 Å². The van der Waals surface area contributed by atoms with Crippen LogP contribution in [-0.2, 0) is 4.74 Å². The van der Waals surface area contributed by atoms with Crippen molar-refractivity contribution >= 4 is 11.6 Å². The van der Waals surface area contributed by atoms with E-state index in [4.69, 9.17) is 4.74 Å². The van der Waals surface area contributed by atoms with Gasteiger partial charge in [0.2, 0.25) is 5.92 Å². The van der Waals surface area contributed by atoms with Gasteiger partial charge in [-0.15, -0.1) is 0 Å². The fourth-order valence-electron chi connectivity index (χ4n) is 4.89. The average molecular weight is 500 g/mol. The van der Waals surface area contributed by atoms with E-state index in [1.54, 1.807) is 12.1 Å². The molecule has 188 valence electrons. The predicted octanol–water partition coefficient (Wildman–Crippen LogP) is 6.82. The second kappa shape index (κ2) is 9.97. The van der Waals surface area contributed by atoms with E-state index in [0.717, 1.165) is 36.7 Å². The number of carbonyl (C=O) groups excluding carboxylic acids is 1. The van der Waals surface area contributed by atoms with Crippen LogP contribution in [0.2, 0.25) is 0 Å². The standard InChI is InChI=1S/C27H25F4N3O2/c28-18-4-5-21(29)20(14-18)19-9-12-32-24(16-7-10-27(30,31)11-8-16)25(19)34-26(35)17-3-6-22(33-15-17)23-2-1-13-36-23/h3-6,9,12,14-16,23H,1-2,7-8,10-11,13H2,(H,34,35). The Hall–Kier alpha value is -3.33. The molecule has 3 aromatic rings. The van der Waals surface area contributed by atoms with Gasteiger partial charge in [0.25, 0.3) is 5.91 Å². The maximum absolute atomic E-state index is 14.7. The molecule has 9 heteroatoms. The monoisotopic (exact) mass is 499 g/mol. The summed E-state index contributed by atoms with van der Waals surface area (Å²) in [5.74, 6) is -4.95. The van der Waals surface area contributed by atoms with Crippen molar-refractivity contribution in [1.29, 1.82) is 0 Å². The van der Waals surface area contributed by atoms with Crippen molar-refractivity contribution in [2.24, 2.45) is 0 Å². The zero-order valence-corrected chi connectivity index (χ0v) is 19.4. The van der Waals surface area contributed by atoms with Crippen LogP contribution in [0.1, 0.15) is 72.3 Å². The zero-order chi connectivity index (χ0) is 25.3. The molecule has 1 amide bonds. The highest BCUT2D eigenvalue weighted by atomic mass is 19.3. The van der Waals surface area contributed by atoms with Crippen LogP contribution in [0.5, 0.6) is 0 Å². The summed E-state index contributed by atoms with van der Waals surface area (Å²) in [6.07, 6.45) is 4.29. The summed E-state index contributed by atoms with van der Waals surface area (Å²) in [6, 6.07) is 7.88. The van der Waals surface area contributed by atoms with Gasteiger partial charge in [0, 0.05) is 48.9 Å². The number of carbonyl (C=O) groups is 1. The highest BCUT2D eigenvalue weighted by Crippen LogP contribution is 2.44. The Kier molecular flexibility index (Phi) is 6.75. The fourth-order valence-corrected chi connectivity index (χ4v) is 4.89. The highest BCUT2D eigenvalue weighted by Gasteiger charge is 2.37. The Labute approximate surface area is 205 Å². The molecule has 1 saturated carbocycles. The lowest BCUT2D eigenvalue weighted by atomic mass is 9.83. The molecule has 1 aliphatic carbocycles. The van der Waals surface area contributed by atoms with Gasteiger partial charge in [0.05, 0.1) is 28.7 Å². The molecule has 0 radical (unpaired) electrons. The van der Waals surface area contributed by atoms with Gasteiger partial charge in [-0.2, -0.15) is 0 Å². The van der Waals surface area contributed by atoms with Crippen molar-refractivity contribution in [3.05, 3.63) is 77.4 Å². The predicted molar refractivity (Wildman–Crippen MR) is 126 cm³/mol. The zero-order valence-electron chi connectivity index (χ0n) is 19.4. The molecule has 3 heterocycles. The minimum absolute atomic E-state index is 0.0538. The van der Waals surface area contributed by atoms with Crippen LogP contribution >= 0.6 is 0 Å². The summed E-state index contributed by atoms with van der Waals surface area (Å²) >= 11 is 0. The van der Waals surface area contributed by atoms with Crippen molar-refractivity contribution in [3.63, 3.8) is 0 Å². The number of anilines is 1. The molecule has 0 spiro atoms. The minimum atomic E-state index is -2.75. The average Bonchev–Trinajstić information content (AvgIpc) is 3.41. The molecule has 5 rings (SSSR count). The molecular weight excluding hydrogens is 474 g/mol. The van der Waals surface area contributed by atoms with Crippen molar-refractivity contribution in [2.45, 2.75) is 56.5 Å². The van der Waals surface area contributed by atoms with E-state index < -0.39 is 23.5 Å². The normalized spacial score (nSPS) is 19.8. The topological polar surface area (TPSA) is 64.1 Å². The number of aromatic nitrogens is 2. The van der Waals surface area contributed by atoms with Crippen molar-refractivity contribution < 1.29 is 27.1 Å². The molecule has 1 aliphatic heterocycles. The molecule has 36 heavy (non-hydrogen) atoms. The van der Waals surface area contributed by atoms with E-state index in [2.05, 4.69) is 15.3 Å². The summed E-state index contributed by atoms with van der Waals surface area (Å²) in [7, 11) is 0. The number of benzene rings is 1. The van der Waals surface area contributed by atoms with Gasteiger partial charge in [0.15, 0.2) is 0 Å². The number of nitrogens with one attached hydrogen (secondary N) is 1. The molecule has 5 nitrogen and oxygen atoms in total. The third kappa shape index (κ3) is 5.11. The molecule has 1 N–H and O–H groups in total. The Morgan fingerprint density at radius 3 is 2.50 bits per heavy atom. The minimum Gasteiger partial charge on any atom is -0.372 e. The Morgan fingerprint density at radius 2 is 1.81 bits per heavy atom. The quantitative estimate of drug-likeness (QED) is 0.392. The van der Waals surface area contributed by atoms with Crippen molar-refractivity contribution in [1.82, 2.24) is 9.97 Å². The smallest absolute Gasteiger partial charge is 0.257 e. The van der Waals surface area contributed by atoms with Crippen LogP contribution in [0.3, 0.4) is 0 Å². The first kappa shape index (κ1) is 24.4. The third-order valence-electron chi connectivity index (χ3n) is 6.85. The van der Waals surface area contributed by atoms with Gasteiger partial charge in [-0.3, -0.25) is 14.8 Å². The summed E-state index contributed by atoms with van der Waals surface area (Å²) in [5, 5.41) is 2.80. The van der Waals surface area contributed by atoms with Crippen molar-refractivity contribution in [2.75, 3.05) is 11.9 Å². The number of pyridine rings is 2. The summed E-state index contributed by atoms with van der Waals surface area (Å²) in [5.41, 5.74) is 1.73. The van der Waals surface area contributed by atoms with Crippen molar-refractivity contribution in [3.8, 4) is 11.1 Å². The van der Waals surface area contributed by atoms with E-state index in [9.17, 15) is 22.4 Å². The molecule has 0 bridgehead atoms. The molecule has 1 unspecified atom stereocenters. The number of halogens is 4. The summed E-state index contributed by atoms with van der Waals surface area (Å²) in [6.45, 7) is 0.672. The van der Waals surface area contributed by atoms with E-state index in [0.29, 0.717) is 12.3 Å². The number of amides is 1. The molecule has 1 atom stereocenters. The molecular formula is C27H25F4N3O2. The maximum atomic E-state index is 14.7. The highest BCUT2D eigenvalue weighted by molar-refractivity contribution is 6.06. The van der Waals surface area contributed by atoms with E-state index in [-0.39, 0.29) is 60.1 Å². The SMILES string of the molecule is O=C(Nc1c(-c2cc(F)ccc2F)ccnc1C1CCC(F)(F)CC1)c1ccc(C2CCCO2)nc1. The number of nitrogens with zero attached hydrogens (tertiary/aromatic N) is 2. The number of rotatable bonds is 5. The van der Waals surface area contributed by atoms with Crippen LogP contribution < -0.4 is 5.32 Å². The van der Waals surface area contributed by atoms with Crippen LogP contribution in [0.25, 0.3) is 11.1 Å². The molecule has 2 fully saturated rings. The van der Waals surface area contributed by atoms with Crippen LogP contribution in [0.15, 0.2) is 48.8 Å². The first-order chi connectivity index (χ1) is 17.3. The lowest BCUT2D eigenvalue weighted by Gasteiger charge is -2.29. The third-order valence-corrected chi connectivity index (χ3v) is 6.85. The van der Waals surface area contributed by atoms with Gasteiger partial charge in [-0.25, -0.2) is 17.6 Å². The van der Waals surface area contributed by atoms with Gasteiger partial charge in [0.1, 0.15) is 11.6 Å². The van der Waals surface area contributed by atoms with E-state index in [1.165, 1.54) is 18.5 Å². The number of alkyl halides is 2. The van der Waals surface area contributed by atoms with E-state index in [1.807, 2.05) is 0 Å². The molecule has 1 aromatic carbocycles. The molecule has 1 saturated heterocycles. The van der Waals surface area contributed by atoms with Crippen LogP contribution in [0, 0.1) is 11.6 Å². The molecule has 2 aliphatic rings. The van der Waals surface area contributed by atoms with Gasteiger partial charge >= 0.3 is 0 Å². The summed E-state index contributed by atoms with van der Waals surface area (Å²) < 4.78 is 62.0. The maximum Gasteiger partial charge on any atom is 0.257 e. The van der Waals surface area contributed by atoms with Crippen LogP contribution in [-0.4, -0.2) is 28.4 Å².